The molecule has 1 heterocycles. The Bertz CT molecular complexity index is 373. The van der Waals surface area contributed by atoms with Gasteiger partial charge in [0.2, 0.25) is 0 Å². The molecule has 0 radical (unpaired) electrons. The number of Topliss-reactive ketones (excluding diaryl/α,β-unsaturated/α-hetero) is 1. The number of hydrogen-bond acceptors (Lipinski definition) is 2. The van der Waals surface area contributed by atoms with Crippen molar-refractivity contribution in [1.29, 1.82) is 0 Å². The first-order valence-corrected chi connectivity index (χ1v) is 6.26. The van der Waals surface area contributed by atoms with Gasteiger partial charge >= 0.3 is 0 Å². The Morgan fingerprint density at radius 1 is 1.56 bits per heavy atom. The van der Waals surface area contributed by atoms with Gasteiger partial charge in [-0.3, -0.25) is 9.78 Å². The molecule has 2 heteroatoms. The van der Waals surface area contributed by atoms with Gasteiger partial charge < -0.3 is 0 Å². The molecule has 1 aliphatic carbocycles. The van der Waals surface area contributed by atoms with Crippen molar-refractivity contribution >= 4 is 5.78 Å². The Morgan fingerprint density at radius 3 is 3.25 bits per heavy atom. The Hall–Kier alpha value is -1.18. The monoisotopic (exact) mass is 217 g/mol. The second kappa shape index (κ2) is 5.24. The second-order valence-electron chi connectivity index (χ2n) is 4.57. The minimum atomic E-state index is 0.378. The predicted molar refractivity (Wildman–Crippen MR) is 64.4 cm³/mol. The van der Waals surface area contributed by atoms with E-state index in [1.807, 2.05) is 19.2 Å². The van der Waals surface area contributed by atoms with Crippen LogP contribution >= 0.6 is 0 Å². The molecule has 1 atom stereocenters. The number of aryl methyl sites for hydroxylation is 1. The van der Waals surface area contributed by atoms with Crippen LogP contribution in [0, 0.1) is 0 Å². The maximum Gasteiger partial charge on any atom is 0.132 e. The number of carbonyl (C=O) groups is 1. The fraction of sp³-hybridized carbons (Fsp3) is 0.571. The molecule has 2 rings (SSSR count). The summed E-state index contributed by atoms with van der Waals surface area (Å²) in [5.41, 5.74) is 2.64. The molecule has 0 aliphatic heterocycles. The van der Waals surface area contributed by atoms with Crippen LogP contribution in [-0.2, 0) is 11.2 Å². The highest BCUT2D eigenvalue weighted by molar-refractivity contribution is 5.78. The van der Waals surface area contributed by atoms with Crippen LogP contribution in [0.1, 0.15) is 56.2 Å². The lowest BCUT2D eigenvalue weighted by atomic mass is 9.83. The third-order valence-electron chi connectivity index (χ3n) is 3.48. The van der Waals surface area contributed by atoms with Gasteiger partial charge in [0, 0.05) is 30.7 Å². The summed E-state index contributed by atoms with van der Waals surface area (Å²) < 4.78 is 0. The Labute approximate surface area is 97.1 Å². The summed E-state index contributed by atoms with van der Waals surface area (Å²) in [6.07, 6.45) is 7.83. The molecule has 1 aliphatic rings. The molecular weight excluding hydrogens is 198 g/mol. The van der Waals surface area contributed by atoms with Gasteiger partial charge in [-0.05, 0) is 37.3 Å². The number of nitrogens with zero attached hydrogens (tertiary/aromatic N) is 1. The van der Waals surface area contributed by atoms with Crippen LogP contribution in [0.3, 0.4) is 0 Å². The van der Waals surface area contributed by atoms with Crippen molar-refractivity contribution in [2.45, 2.75) is 51.4 Å². The van der Waals surface area contributed by atoms with E-state index in [-0.39, 0.29) is 0 Å². The number of rotatable bonds is 4. The van der Waals surface area contributed by atoms with Crippen molar-refractivity contribution in [3.63, 3.8) is 0 Å². The van der Waals surface area contributed by atoms with E-state index in [1.165, 1.54) is 24.1 Å². The summed E-state index contributed by atoms with van der Waals surface area (Å²) >= 11 is 0. The minimum absolute atomic E-state index is 0.378. The highest BCUT2D eigenvalue weighted by Gasteiger charge is 2.21. The SMILES string of the molecule is CCC(=O)CCC1CCCc2cccnc21. The zero-order valence-electron chi connectivity index (χ0n) is 9.91. The Morgan fingerprint density at radius 2 is 2.44 bits per heavy atom. The lowest BCUT2D eigenvalue weighted by molar-refractivity contribution is -0.118. The maximum absolute atomic E-state index is 11.3. The zero-order valence-corrected chi connectivity index (χ0v) is 9.91. The van der Waals surface area contributed by atoms with Crippen LogP contribution in [0.4, 0.5) is 0 Å². The van der Waals surface area contributed by atoms with Crippen molar-refractivity contribution in [1.82, 2.24) is 4.98 Å². The zero-order chi connectivity index (χ0) is 11.4. The predicted octanol–water partition coefficient (Wildman–Crippen LogP) is 3.26. The number of hydrogen-bond donors (Lipinski definition) is 0. The number of ketones is 1. The molecule has 16 heavy (non-hydrogen) atoms. The number of aromatic nitrogens is 1. The largest absolute Gasteiger partial charge is 0.300 e. The first-order valence-electron chi connectivity index (χ1n) is 6.26. The summed E-state index contributed by atoms with van der Waals surface area (Å²) in [4.78, 5) is 15.8. The normalized spacial score (nSPS) is 19.2. The van der Waals surface area contributed by atoms with E-state index in [0.717, 1.165) is 19.3 Å². The van der Waals surface area contributed by atoms with Gasteiger partial charge in [-0.2, -0.15) is 0 Å². The summed E-state index contributed by atoms with van der Waals surface area (Å²) in [6, 6.07) is 4.19. The van der Waals surface area contributed by atoms with E-state index in [9.17, 15) is 4.79 Å². The van der Waals surface area contributed by atoms with Crippen LogP contribution in [-0.4, -0.2) is 10.8 Å². The molecule has 0 spiro atoms. The van der Waals surface area contributed by atoms with Crippen molar-refractivity contribution in [2.75, 3.05) is 0 Å². The third-order valence-corrected chi connectivity index (χ3v) is 3.48. The molecule has 0 amide bonds. The van der Waals surface area contributed by atoms with Crippen molar-refractivity contribution < 1.29 is 4.79 Å². The second-order valence-corrected chi connectivity index (χ2v) is 4.57. The lowest BCUT2D eigenvalue weighted by Gasteiger charge is -2.23. The Balaban J connectivity index is 2.04. The van der Waals surface area contributed by atoms with Crippen LogP contribution in [0.5, 0.6) is 0 Å². The smallest absolute Gasteiger partial charge is 0.132 e. The number of pyridine rings is 1. The van der Waals surface area contributed by atoms with E-state index in [4.69, 9.17) is 0 Å². The van der Waals surface area contributed by atoms with Gasteiger partial charge in [0.25, 0.3) is 0 Å². The molecule has 0 N–H and O–H groups in total. The van der Waals surface area contributed by atoms with E-state index in [2.05, 4.69) is 11.1 Å². The van der Waals surface area contributed by atoms with Crippen LogP contribution in [0.15, 0.2) is 18.3 Å². The van der Waals surface area contributed by atoms with Gasteiger partial charge in [0.15, 0.2) is 0 Å². The molecule has 2 nitrogen and oxygen atoms in total. The highest BCUT2D eigenvalue weighted by atomic mass is 16.1. The Kier molecular flexibility index (Phi) is 3.70. The van der Waals surface area contributed by atoms with Crippen molar-refractivity contribution in [3.8, 4) is 0 Å². The topological polar surface area (TPSA) is 30.0 Å². The van der Waals surface area contributed by atoms with Gasteiger partial charge in [0.05, 0.1) is 0 Å². The van der Waals surface area contributed by atoms with Crippen LogP contribution in [0.25, 0.3) is 0 Å². The standard InChI is InChI=1S/C14H19NO/c1-2-13(16)9-8-12-6-3-5-11-7-4-10-15-14(11)12/h4,7,10,12H,2-3,5-6,8-9H2,1H3. The first kappa shape index (κ1) is 11.3. The van der Waals surface area contributed by atoms with E-state index in [0.29, 0.717) is 18.1 Å². The van der Waals surface area contributed by atoms with Crippen LogP contribution in [0.2, 0.25) is 0 Å². The van der Waals surface area contributed by atoms with E-state index < -0.39 is 0 Å². The summed E-state index contributed by atoms with van der Waals surface area (Å²) in [5.74, 6) is 0.892. The van der Waals surface area contributed by atoms with Crippen molar-refractivity contribution in [2.24, 2.45) is 0 Å². The molecule has 1 aromatic rings. The molecule has 86 valence electrons. The minimum Gasteiger partial charge on any atom is -0.300 e. The third kappa shape index (κ3) is 2.49. The van der Waals surface area contributed by atoms with Gasteiger partial charge in [-0.25, -0.2) is 0 Å². The van der Waals surface area contributed by atoms with E-state index >= 15 is 0 Å². The van der Waals surface area contributed by atoms with Gasteiger partial charge in [-0.15, -0.1) is 0 Å². The average molecular weight is 217 g/mol. The first-order chi connectivity index (χ1) is 7.81. The lowest BCUT2D eigenvalue weighted by Crippen LogP contribution is -2.13. The fourth-order valence-corrected chi connectivity index (χ4v) is 2.50. The quantitative estimate of drug-likeness (QED) is 0.774. The molecule has 0 aromatic carbocycles. The van der Waals surface area contributed by atoms with Crippen LogP contribution < -0.4 is 0 Å². The molecule has 1 unspecified atom stereocenters. The number of fused-ring (bicyclic) bond motifs is 1. The summed E-state index contributed by atoms with van der Waals surface area (Å²) in [5, 5.41) is 0. The van der Waals surface area contributed by atoms with Gasteiger partial charge in [-0.1, -0.05) is 13.0 Å². The molecule has 0 bridgehead atoms. The molecule has 0 saturated carbocycles. The van der Waals surface area contributed by atoms with Crippen molar-refractivity contribution in [3.05, 3.63) is 29.6 Å². The summed E-state index contributed by atoms with van der Waals surface area (Å²) in [6.45, 7) is 1.94. The number of carbonyl (C=O) groups excluding carboxylic acids is 1. The molecule has 1 aromatic heterocycles. The summed E-state index contributed by atoms with van der Waals surface area (Å²) in [7, 11) is 0. The average Bonchev–Trinajstić information content (AvgIpc) is 2.35. The maximum atomic E-state index is 11.3. The molecule has 0 saturated heterocycles. The highest BCUT2D eigenvalue weighted by Crippen LogP contribution is 2.33. The fourth-order valence-electron chi connectivity index (χ4n) is 2.50. The van der Waals surface area contributed by atoms with E-state index in [1.54, 1.807) is 0 Å². The molecule has 0 fully saturated rings. The molecular formula is C14H19NO. The van der Waals surface area contributed by atoms with Gasteiger partial charge in [0.1, 0.15) is 5.78 Å².